The molecule has 0 spiro atoms. The number of guanidine groups is 1. The lowest BCUT2D eigenvalue weighted by Crippen LogP contribution is -2.42. The van der Waals surface area contributed by atoms with Crippen LogP contribution in [0.1, 0.15) is 74.4 Å². The number of esters is 1. The quantitative estimate of drug-likeness (QED) is 0.154. The third kappa shape index (κ3) is 9.17. The normalized spacial score (nSPS) is 12.9. The lowest BCUT2D eigenvalue weighted by atomic mass is 10.2. The molecule has 168 valence electrons. The molecule has 1 rings (SSSR count). The van der Waals surface area contributed by atoms with Crippen molar-refractivity contribution in [2.45, 2.75) is 73.0 Å². The monoisotopic (exact) mass is 539 g/mol. The highest BCUT2D eigenvalue weighted by Gasteiger charge is 2.20. The van der Waals surface area contributed by atoms with Crippen LogP contribution in [0.2, 0.25) is 0 Å². The van der Waals surface area contributed by atoms with Crippen LogP contribution in [0.4, 0.5) is 0 Å². The summed E-state index contributed by atoms with van der Waals surface area (Å²) in [6.07, 6.45) is 1.04. The van der Waals surface area contributed by atoms with Gasteiger partial charge in [-0.3, -0.25) is 9.89 Å². The highest BCUT2D eigenvalue weighted by atomic mass is 127. The third-order valence-electron chi connectivity index (χ3n) is 4.43. The first-order valence-corrected chi connectivity index (χ1v) is 10.9. The number of rotatable bonds is 10. The van der Waals surface area contributed by atoms with Gasteiger partial charge in [0.25, 0.3) is 0 Å². The van der Waals surface area contributed by atoms with Crippen molar-refractivity contribution in [1.82, 2.24) is 20.5 Å². The molecule has 1 atom stereocenters. The SMILES string of the molecule is CCOC(=O)c1sc(C(C)NC(=NC)NCCCN(C(C)C)C(C)C)nc1C.I. The maximum Gasteiger partial charge on any atom is 0.350 e. The summed E-state index contributed by atoms with van der Waals surface area (Å²) in [7, 11) is 1.76. The molecule has 0 radical (unpaired) electrons. The minimum absolute atomic E-state index is 0. The van der Waals surface area contributed by atoms with E-state index in [1.165, 1.54) is 11.3 Å². The van der Waals surface area contributed by atoms with Gasteiger partial charge in [-0.05, 0) is 54.9 Å². The van der Waals surface area contributed by atoms with Crippen LogP contribution in [0.25, 0.3) is 0 Å². The standard InChI is InChI=1S/C20H37N5O2S.HI/c1-9-27-19(26)17-15(6)23-18(28-17)16(7)24-20(21-8)22-11-10-12-25(13(2)3)14(4)5;/h13-14,16H,9-12H2,1-8H3,(H2,21,22,24);1H. The van der Waals surface area contributed by atoms with Gasteiger partial charge in [0, 0.05) is 32.2 Å². The summed E-state index contributed by atoms with van der Waals surface area (Å²) in [5.74, 6) is 0.428. The van der Waals surface area contributed by atoms with E-state index in [1.54, 1.807) is 14.0 Å². The number of aryl methyl sites for hydroxylation is 1. The van der Waals surface area contributed by atoms with Crippen LogP contribution in [-0.4, -0.2) is 60.6 Å². The van der Waals surface area contributed by atoms with Crippen molar-refractivity contribution in [1.29, 1.82) is 0 Å². The first kappa shape index (κ1) is 28.1. The topological polar surface area (TPSA) is 78.8 Å². The Kier molecular flexibility index (Phi) is 13.7. The summed E-state index contributed by atoms with van der Waals surface area (Å²) >= 11 is 1.37. The molecule has 9 heteroatoms. The molecule has 1 unspecified atom stereocenters. The number of ether oxygens (including phenoxy) is 1. The van der Waals surface area contributed by atoms with Crippen molar-refractivity contribution in [3.63, 3.8) is 0 Å². The molecule has 0 aromatic carbocycles. The highest BCUT2D eigenvalue weighted by Crippen LogP contribution is 2.24. The second kappa shape index (κ2) is 14.1. The van der Waals surface area contributed by atoms with Crippen LogP contribution in [0.3, 0.4) is 0 Å². The summed E-state index contributed by atoms with van der Waals surface area (Å²) in [5, 5.41) is 7.56. The third-order valence-corrected chi connectivity index (χ3v) is 5.75. The van der Waals surface area contributed by atoms with Gasteiger partial charge in [0.2, 0.25) is 0 Å². The number of carbonyl (C=O) groups excluding carboxylic acids is 1. The molecule has 1 aromatic heterocycles. The number of thiazole rings is 1. The molecule has 2 N–H and O–H groups in total. The second-order valence-electron chi connectivity index (χ2n) is 7.33. The minimum atomic E-state index is -0.307. The Morgan fingerprint density at radius 1 is 1.24 bits per heavy atom. The predicted molar refractivity (Wildman–Crippen MR) is 133 cm³/mol. The zero-order valence-electron chi connectivity index (χ0n) is 19.0. The Labute approximate surface area is 197 Å². The van der Waals surface area contributed by atoms with Gasteiger partial charge in [-0.25, -0.2) is 9.78 Å². The molecule has 29 heavy (non-hydrogen) atoms. The summed E-state index contributed by atoms with van der Waals surface area (Å²) < 4.78 is 5.09. The Morgan fingerprint density at radius 3 is 2.38 bits per heavy atom. The lowest BCUT2D eigenvalue weighted by molar-refractivity contribution is 0.0531. The lowest BCUT2D eigenvalue weighted by Gasteiger charge is -2.30. The number of halogens is 1. The van der Waals surface area contributed by atoms with Crippen LogP contribution in [-0.2, 0) is 4.74 Å². The summed E-state index contributed by atoms with van der Waals surface area (Å²) in [6.45, 7) is 16.8. The molecule has 1 aromatic rings. The number of aromatic nitrogens is 1. The fraction of sp³-hybridized carbons (Fsp3) is 0.750. The fourth-order valence-corrected chi connectivity index (χ4v) is 3.99. The smallest absolute Gasteiger partial charge is 0.350 e. The summed E-state index contributed by atoms with van der Waals surface area (Å²) in [4.78, 5) is 23.9. The van der Waals surface area contributed by atoms with Crippen molar-refractivity contribution >= 4 is 47.2 Å². The van der Waals surface area contributed by atoms with Crippen molar-refractivity contribution < 1.29 is 9.53 Å². The van der Waals surface area contributed by atoms with Crippen LogP contribution in [0, 0.1) is 6.92 Å². The van der Waals surface area contributed by atoms with E-state index >= 15 is 0 Å². The van der Waals surface area contributed by atoms with Gasteiger partial charge in [0.1, 0.15) is 9.88 Å². The van der Waals surface area contributed by atoms with Gasteiger partial charge < -0.3 is 15.4 Å². The maximum absolute atomic E-state index is 12.0. The Bertz CT molecular complexity index is 641. The molecule has 7 nitrogen and oxygen atoms in total. The second-order valence-corrected chi connectivity index (χ2v) is 8.36. The van der Waals surface area contributed by atoms with Crippen molar-refractivity contribution in [2.75, 3.05) is 26.7 Å². The fourth-order valence-electron chi connectivity index (χ4n) is 3.03. The van der Waals surface area contributed by atoms with Crippen molar-refractivity contribution in [2.24, 2.45) is 4.99 Å². The van der Waals surface area contributed by atoms with E-state index in [0.717, 1.165) is 30.5 Å². The molecule has 0 bridgehead atoms. The Balaban J connectivity index is 0.00000784. The van der Waals surface area contributed by atoms with E-state index in [1.807, 2.05) is 13.8 Å². The van der Waals surface area contributed by atoms with E-state index in [4.69, 9.17) is 4.74 Å². The number of nitrogens with zero attached hydrogens (tertiary/aromatic N) is 3. The molecule has 0 aliphatic carbocycles. The largest absolute Gasteiger partial charge is 0.462 e. The van der Waals surface area contributed by atoms with Gasteiger partial charge in [0.05, 0.1) is 18.3 Å². The maximum atomic E-state index is 12.0. The molecule has 0 saturated heterocycles. The van der Waals surface area contributed by atoms with E-state index < -0.39 is 0 Å². The molecule has 0 aliphatic rings. The molecule has 0 aliphatic heterocycles. The van der Waals surface area contributed by atoms with Gasteiger partial charge in [-0.1, -0.05) is 0 Å². The average Bonchev–Trinajstić information content (AvgIpc) is 3.01. The zero-order valence-corrected chi connectivity index (χ0v) is 22.2. The number of nitrogens with one attached hydrogen (secondary N) is 2. The molecule has 0 fully saturated rings. The Morgan fingerprint density at radius 2 is 1.86 bits per heavy atom. The van der Waals surface area contributed by atoms with Gasteiger partial charge in [0.15, 0.2) is 5.96 Å². The minimum Gasteiger partial charge on any atom is -0.462 e. The van der Waals surface area contributed by atoms with Crippen LogP contribution >= 0.6 is 35.3 Å². The summed E-state index contributed by atoms with van der Waals surface area (Å²) in [5.41, 5.74) is 0.706. The van der Waals surface area contributed by atoms with Gasteiger partial charge in [-0.2, -0.15) is 0 Å². The van der Waals surface area contributed by atoms with Crippen LogP contribution in [0.5, 0.6) is 0 Å². The zero-order chi connectivity index (χ0) is 21.3. The first-order chi connectivity index (χ1) is 13.2. The van der Waals surface area contributed by atoms with E-state index in [9.17, 15) is 4.79 Å². The van der Waals surface area contributed by atoms with E-state index in [2.05, 4.69) is 53.2 Å². The van der Waals surface area contributed by atoms with E-state index in [0.29, 0.717) is 29.3 Å². The molecule has 1 heterocycles. The van der Waals surface area contributed by atoms with Crippen LogP contribution < -0.4 is 10.6 Å². The van der Waals surface area contributed by atoms with Crippen LogP contribution in [0.15, 0.2) is 4.99 Å². The molecular formula is C20H38IN5O2S. The number of aliphatic imine (C=N–C) groups is 1. The molecular weight excluding hydrogens is 501 g/mol. The number of carbonyl (C=O) groups is 1. The van der Waals surface area contributed by atoms with Crippen molar-refractivity contribution in [3.8, 4) is 0 Å². The van der Waals surface area contributed by atoms with Crippen molar-refractivity contribution in [3.05, 3.63) is 15.6 Å². The number of hydrogen-bond acceptors (Lipinski definition) is 6. The highest BCUT2D eigenvalue weighted by molar-refractivity contribution is 14.0. The van der Waals surface area contributed by atoms with Gasteiger partial charge in [-0.15, -0.1) is 35.3 Å². The van der Waals surface area contributed by atoms with Gasteiger partial charge >= 0.3 is 5.97 Å². The molecule has 0 saturated carbocycles. The first-order valence-electron chi connectivity index (χ1n) is 10.1. The predicted octanol–water partition coefficient (Wildman–Crippen LogP) is 3.98. The summed E-state index contributed by atoms with van der Waals surface area (Å²) in [6, 6.07) is 1.03. The van der Waals surface area contributed by atoms with E-state index in [-0.39, 0.29) is 36.0 Å². The Hall–Kier alpha value is -0.940. The molecule has 0 amide bonds. The average molecular weight is 540 g/mol. The number of hydrogen-bond donors (Lipinski definition) is 2.